The lowest BCUT2D eigenvalue weighted by Crippen LogP contribution is -1.98. The van der Waals surface area contributed by atoms with Gasteiger partial charge in [0.15, 0.2) is 5.16 Å². The summed E-state index contributed by atoms with van der Waals surface area (Å²) >= 11 is 1.17. The molecular weight excluding hydrogens is 254 g/mol. The monoisotopic (exact) mass is 265 g/mol. The van der Waals surface area contributed by atoms with Gasteiger partial charge < -0.3 is 10.3 Å². The lowest BCUT2D eigenvalue weighted by molar-refractivity contribution is -0.386. The van der Waals surface area contributed by atoms with Gasteiger partial charge in [0.1, 0.15) is 11.5 Å². The summed E-state index contributed by atoms with van der Waals surface area (Å²) in [5, 5.41) is 19.4. The quantitative estimate of drug-likeness (QED) is 0.515. The van der Waals surface area contributed by atoms with Gasteiger partial charge in [-0.1, -0.05) is 6.07 Å². The second kappa shape index (κ2) is 4.65. The molecular formula is C10H11N5O2S. The van der Waals surface area contributed by atoms with Crippen LogP contribution in [0.15, 0.2) is 28.3 Å². The third-order valence-electron chi connectivity index (χ3n) is 2.47. The zero-order valence-electron chi connectivity index (χ0n) is 9.82. The molecule has 2 aromatic rings. The van der Waals surface area contributed by atoms with Crippen LogP contribution < -0.4 is 5.73 Å². The van der Waals surface area contributed by atoms with Gasteiger partial charge in [0.25, 0.3) is 0 Å². The lowest BCUT2D eigenvalue weighted by Gasteiger charge is -2.04. The van der Waals surface area contributed by atoms with Crippen LogP contribution in [0.25, 0.3) is 0 Å². The number of nitro groups is 1. The molecule has 0 unspecified atom stereocenters. The van der Waals surface area contributed by atoms with Crippen molar-refractivity contribution in [2.24, 2.45) is 7.05 Å². The maximum absolute atomic E-state index is 11.0. The van der Waals surface area contributed by atoms with E-state index in [1.165, 1.54) is 17.8 Å². The topological polar surface area (TPSA) is 99.9 Å². The zero-order valence-corrected chi connectivity index (χ0v) is 10.6. The lowest BCUT2D eigenvalue weighted by atomic mass is 10.3. The predicted octanol–water partition coefficient (Wildman–Crippen LogP) is 1.77. The predicted molar refractivity (Wildman–Crippen MR) is 67.4 cm³/mol. The van der Waals surface area contributed by atoms with Crippen molar-refractivity contribution in [3.05, 3.63) is 34.1 Å². The van der Waals surface area contributed by atoms with E-state index in [9.17, 15) is 10.1 Å². The fourth-order valence-corrected chi connectivity index (χ4v) is 2.38. The fourth-order valence-electron chi connectivity index (χ4n) is 1.39. The van der Waals surface area contributed by atoms with Crippen LogP contribution in [0.5, 0.6) is 0 Å². The third kappa shape index (κ3) is 2.14. The number of rotatable bonds is 3. The van der Waals surface area contributed by atoms with Crippen molar-refractivity contribution in [1.82, 2.24) is 14.8 Å². The largest absolute Gasteiger partial charge is 0.393 e. The Morgan fingerprint density at radius 1 is 1.44 bits per heavy atom. The fraction of sp³-hybridized carbons (Fsp3) is 0.200. The van der Waals surface area contributed by atoms with Crippen LogP contribution in [0, 0.1) is 17.0 Å². The van der Waals surface area contributed by atoms with Crippen LogP contribution in [0.3, 0.4) is 0 Å². The van der Waals surface area contributed by atoms with E-state index >= 15 is 0 Å². The molecule has 0 aliphatic carbocycles. The highest BCUT2D eigenvalue weighted by Crippen LogP contribution is 2.37. The molecule has 8 heteroatoms. The Bertz CT molecular complexity index is 610. The molecule has 7 nitrogen and oxygen atoms in total. The Labute approximate surface area is 107 Å². The van der Waals surface area contributed by atoms with Gasteiger partial charge in [0.05, 0.1) is 9.82 Å². The summed E-state index contributed by atoms with van der Waals surface area (Å²) in [6.45, 7) is 1.81. The van der Waals surface area contributed by atoms with Crippen molar-refractivity contribution in [2.45, 2.75) is 17.0 Å². The molecule has 0 atom stereocenters. The Kier molecular flexibility index (Phi) is 3.19. The average molecular weight is 265 g/mol. The van der Waals surface area contributed by atoms with Gasteiger partial charge in [0.2, 0.25) is 0 Å². The summed E-state index contributed by atoms with van der Waals surface area (Å²) in [6, 6.07) is 4.82. The second-order valence-corrected chi connectivity index (χ2v) is 4.65. The summed E-state index contributed by atoms with van der Waals surface area (Å²) < 4.78 is 1.76. The van der Waals surface area contributed by atoms with E-state index in [-0.39, 0.29) is 11.4 Å². The first kappa shape index (κ1) is 12.4. The van der Waals surface area contributed by atoms with E-state index < -0.39 is 4.92 Å². The first-order valence-electron chi connectivity index (χ1n) is 5.07. The van der Waals surface area contributed by atoms with E-state index in [1.54, 1.807) is 23.7 Å². The number of nitro benzene ring substituents is 1. The maximum atomic E-state index is 11.0. The highest BCUT2D eigenvalue weighted by atomic mass is 32.2. The number of nitrogens with two attached hydrogens (primary N) is 1. The Hall–Kier alpha value is -2.09. The van der Waals surface area contributed by atoms with Gasteiger partial charge in [0, 0.05) is 7.05 Å². The summed E-state index contributed by atoms with van der Waals surface area (Å²) in [4.78, 5) is 11.0. The molecule has 0 fully saturated rings. The molecule has 0 spiro atoms. The van der Waals surface area contributed by atoms with Crippen LogP contribution in [0.1, 0.15) is 5.82 Å². The van der Waals surface area contributed by atoms with Gasteiger partial charge in [-0.3, -0.25) is 10.1 Å². The third-order valence-corrected chi connectivity index (χ3v) is 3.55. The van der Waals surface area contributed by atoms with E-state index in [1.807, 2.05) is 6.92 Å². The van der Waals surface area contributed by atoms with Crippen LogP contribution in [-0.2, 0) is 7.05 Å². The van der Waals surface area contributed by atoms with Crippen molar-refractivity contribution in [3.8, 4) is 0 Å². The van der Waals surface area contributed by atoms with Crippen molar-refractivity contribution >= 4 is 23.1 Å². The van der Waals surface area contributed by atoms with Crippen molar-refractivity contribution < 1.29 is 4.92 Å². The molecule has 0 saturated heterocycles. The van der Waals surface area contributed by atoms with Crippen LogP contribution in [-0.4, -0.2) is 19.7 Å². The Balaban J connectivity index is 2.44. The van der Waals surface area contributed by atoms with Gasteiger partial charge in [-0.25, -0.2) is 0 Å². The van der Waals surface area contributed by atoms with E-state index in [4.69, 9.17) is 5.73 Å². The molecule has 0 bridgehead atoms. The first-order valence-corrected chi connectivity index (χ1v) is 5.89. The zero-order chi connectivity index (χ0) is 13.3. The average Bonchev–Trinajstić information content (AvgIpc) is 2.60. The highest BCUT2D eigenvalue weighted by Gasteiger charge is 2.20. The maximum Gasteiger partial charge on any atom is 0.306 e. The first-order chi connectivity index (χ1) is 8.50. The van der Waals surface area contributed by atoms with Gasteiger partial charge in [-0.05, 0) is 30.8 Å². The molecule has 0 aliphatic rings. The standard InChI is InChI=1S/C10H11N5O2S/c1-6-12-13-10(14(6)2)18-8-5-3-4-7(11)9(8)15(16)17/h3-5H,11H2,1-2H3. The Morgan fingerprint density at radius 3 is 2.72 bits per heavy atom. The molecule has 1 aromatic heterocycles. The molecule has 0 aliphatic heterocycles. The number of hydrogen-bond donors (Lipinski definition) is 1. The number of aryl methyl sites for hydroxylation is 1. The van der Waals surface area contributed by atoms with E-state index in [0.29, 0.717) is 10.1 Å². The minimum Gasteiger partial charge on any atom is -0.393 e. The number of benzene rings is 1. The minimum atomic E-state index is -0.485. The summed E-state index contributed by atoms with van der Waals surface area (Å²) in [7, 11) is 1.80. The summed E-state index contributed by atoms with van der Waals surface area (Å²) in [6.07, 6.45) is 0. The van der Waals surface area contributed by atoms with Crippen molar-refractivity contribution in [2.75, 3.05) is 5.73 Å². The van der Waals surface area contributed by atoms with Crippen molar-refractivity contribution in [3.63, 3.8) is 0 Å². The van der Waals surface area contributed by atoms with E-state index in [0.717, 1.165) is 5.82 Å². The van der Waals surface area contributed by atoms with Gasteiger partial charge in [-0.15, -0.1) is 10.2 Å². The molecule has 0 radical (unpaired) electrons. The van der Waals surface area contributed by atoms with Crippen LogP contribution in [0.2, 0.25) is 0 Å². The molecule has 0 amide bonds. The summed E-state index contributed by atoms with van der Waals surface area (Å²) in [5.41, 5.74) is 5.67. The molecule has 2 N–H and O–H groups in total. The SMILES string of the molecule is Cc1nnc(Sc2cccc(N)c2[N+](=O)[O-])n1C. The Morgan fingerprint density at radius 2 is 2.17 bits per heavy atom. The van der Waals surface area contributed by atoms with E-state index in [2.05, 4.69) is 10.2 Å². The summed E-state index contributed by atoms with van der Waals surface area (Å²) in [5.74, 6) is 0.740. The molecule has 1 heterocycles. The number of para-hydroxylation sites is 1. The normalized spacial score (nSPS) is 10.6. The van der Waals surface area contributed by atoms with Crippen LogP contribution in [0.4, 0.5) is 11.4 Å². The number of hydrogen-bond acceptors (Lipinski definition) is 6. The van der Waals surface area contributed by atoms with Crippen molar-refractivity contribution in [1.29, 1.82) is 0 Å². The molecule has 94 valence electrons. The number of aromatic nitrogens is 3. The smallest absolute Gasteiger partial charge is 0.306 e. The van der Waals surface area contributed by atoms with Gasteiger partial charge >= 0.3 is 5.69 Å². The highest BCUT2D eigenvalue weighted by molar-refractivity contribution is 7.99. The second-order valence-electron chi connectivity index (χ2n) is 3.64. The van der Waals surface area contributed by atoms with Gasteiger partial charge in [-0.2, -0.15) is 0 Å². The number of anilines is 1. The molecule has 18 heavy (non-hydrogen) atoms. The van der Waals surface area contributed by atoms with Crippen LogP contribution >= 0.6 is 11.8 Å². The molecule has 0 saturated carbocycles. The molecule has 1 aromatic carbocycles. The molecule has 2 rings (SSSR count). The number of nitrogen functional groups attached to an aromatic ring is 1. The minimum absolute atomic E-state index is 0.0943. The number of nitrogens with zero attached hydrogens (tertiary/aromatic N) is 4.